The highest BCUT2D eigenvalue weighted by Crippen LogP contribution is 2.41. The monoisotopic (exact) mass is 660 g/mol. The lowest BCUT2D eigenvalue weighted by Crippen LogP contribution is -3.06. The molecule has 9 rings (SSSR count). The number of hydrogen-bond acceptors (Lipinski definition) is 2. The molecule has 6 atom stereocenters. The maximum absolute atomic E-state index is 4.16. The van der Waals surface area contributed by atoms with E-state index in [1.807, 2.05) is 0 Å². The van der Waals surface area contributed by atoms with Crippen LogP contribution < -0.4 is 16.0 Å². The van der Waals surface area contributed by atoms with Gasteiger partial charge in [0.1, 0.15) is 6.17 Å². The summed E-state index contributed by atoms with van der Waals surface area (Å²) in [5.74, 6) is 1.23. The average molecular weight is 661 g/mol. The van der Waals surface area contributed by atoms with Crippen LogP contribution in [0.2, 0.25) is 0 Å². The molecule has 1 aromatic rings. The molecule has 50 heavy (non-hydrogen) atoms. The van der Waals surface area contributed by atoms with E-state index in [1.54, 1.807) is 16.7 Å². The van der Waals surface area contributed by atoms with Gasteiger partial charge in [-0.3, -0.25) is 5.32 Å². The number of rotatable bonds is 6. The van der Waals surface area contributed by atoms with Gasteiger partial charge in [0.15, 0.2) is 6.17 Å². The van der Waals surface area contributed by atoms with E-state index >= 15 is 0 Å². The first-order chi connectivity index (χ1) is 24.8. The quantitative estimate of drug-likeness (QED) is 0.286. The van der Waals surface area contributed by atoms with E-state index in [0.29, 0.717) is 17.8 Å². The van der Waals surface area contributed by atoms with E-state index < -0.39 is 0 Å². The summed E-state index contributed by atoms with van der Waals surface area (Å²) in [6.07, 6.45) is 57.3. The zero-order valence-corrected chi connectivity index (χ0v) is 29.6. The summed E-state index contributed by atoms with van der Waals surface area (Å²) in [4.78, 5) is 0. The molecule has 3 nitrogen and oxygen atoms in total. The molecule has 1 aromatic carbocycles. The fourth-order valence-corrected chi connectivity index (χ4v) is 9.85. The highest BCUT2D eigenvalue weighted by Gasteiger charge is 2.40. The molecule has 256 valence electrons. The van der Waals surface area contributed by atoms with Crippen LogP contribution in [0.15, 0.2) is 126 Å². The van der Waals surface area contributed by atoms with Gasteiger partial charge in [0.25, 0.3) is 0 Å². The lowest BCUT2D eigenvalue weighted by Gasteiger charge is -2.42. The van der Waals surface area contributed by atoms with E-state index in [4.69, 9.17) is 0 Å². The minimum absolute atomic E-state index is 0.237. The van der Waals surface area contributed by atoms with Crippen LogP contribution >= 0.6 is 0 Å². The number of quaternary nitrogens is 1. The van der Waals surface area contributed by atoms with Crippen LogP contribution in [0, 0.1) is 17.8 Å². The van der Waals surface area contributed by atoms with Gasteiger partial charge < -0.3 is 5.32 Å². The van der Waals surface area contributed by atoms with Crippen molar-refractivity contribution in [3.8, 4) is 0 Å². The third kappa shape index (κ3) is 6.57. The van der Waals surface area contributed by atoms with Gasteiger partial charge >= 0.3 is 0 Å². The number of fused-ring (bicyclic) bond motifs is 3. The van der Waals surface area contributed by atoms with E-state index in [2.05, 4.69) is 125 Å². The van der Waals surface area contributed by atoms with Crippen LogP contribution in [-0.2, 0) is 19.3 Å². The maximum Gasteiger partial charge on any atom is 0.168 e. The van der Waals surface area contributed by atoms with Gasteiger partial charge in [0, 0.05) is 23.3 Å². The van der Waals surface area contributed by atoms with Gasteiger partial charge in [0.2, 0.25) is 0 Å². The molecule has 7 aliphatic carbocycles. The van der Waals surface area contributed by atoms with Gasteiger partial charge in [-0.15, -0.1) is 0 Å². The Morgan fingerprint density at radius 1 is 0.640 bits per heavy atom. The predicted molar refractivity (Wildman–Crippen MR) is 209 cm³/mol. The van der Waals surface area contributed by atoms with Crippen molar-refractivity contribution in [1.29, 1.82) is 0 Å². The Balaban J connectivity index is 1.07. The molecule has 0 amide bonds. The highest BCUT2D eigenvalue weighted by atomic mass is 15.4. The first kappa shape index (κ1) is 32.2. The molecule has 0 aromatic heterocycles. The van der Waals surface area contributed by atoms with Gasteiger partial charge in [-0.25, -0.2) is 5.32 Å². The van der Waals surface area contributed by atoms with Crippen LogP contribution in [-0.4, -0.2) is 18.5 Å². The molecular formula is C47H54N3+. The first-order valence-corrected chi connectivity index (χ1v) is 19.9. The summed E-state index contributed by atoms with van der Waals surface area (Å²) >= 11 is 0. The lowest BCUT2D eigenvalue weighted by molar-refractivity contribution is -0.739. The van der Waals surface area contributed by atoms with Gasteiger partial charge in [-0.05, 0) is 140 Å². The molecule has 1 fully saturated rings. The third-order valence-corrected chi connectivity index (χ3v) is 12.5. The van der Waals surface area contributed by atoms with Crippen molar-refractivity contribution in [2.45, 2.75) is 102 Å². The number of nitrogens with two attached hydrogens (primary N) is 1. The lowest BCUT2D eigenvalue weighted by atomic mass is 9.75. The molecule has 8 aliphatic rings. The Morgan fingerprint density at radius 2 is 1.50 bits per heavy atom. The fraction of sp³-hybridized carbons (Fsp3) is 0.404. The summed E-state index contributed by atoms with van der Waals surface area (Å²) < 4.78 is 0. The molecule has 0 spiro atoms. The third-order valence-electron chi connectivity index (χ3n) is 12.5. The van der Waals surface area contributed by atoms with Crippen LogP contribution in [0.3, 0.4) is 0 Å². The Labute approximate surface area is 299 Å². The van der Waals surface area contributed by atoms with Crippen molar-refractivity contribution < 1.29 is 5.32 Å². The molecule has 3 heteroatoms. The molecule has 0 bridgehead atoms. The zero-order chi connectivity index (χ0) is 33.3. The summed E-state index contributed by atoms with van der Waals surface area (Å²) in [5.41, 5.74) is 15.3. The zero-order valence-electron chi connectivity index (χ0n) is 29.6. The smallest absolute Gasteiger partial charge is 0.168 e. The van der Waals surface area contributed by atoms with Crippen molar-refractivity contribution >= 4 is 11.6 Å². The number of allylic oxidation sites excluding steroid dienone is 17. The molecule has 1 heterocycles. The minimum Gasteiger partial charge on any atom is -0.312 e. The molecule has 1 saturated heterocycles. The summed E-state index contributed by atoms with van der Waals surface area (Å²) in [7, 11) is 0. The van der Waals surface area contributed by atoms with Crippen LogP contribution in [0.5, 0.6) is 0 Å². The minimum atomic E-state index is 0.237. The Bertz CT molecular complexity index is 1850. The van der Waals surface area contributed by atoms with E-state index in [-0.39, 0.29) is 18.5 Å². The van der Waals surface area contributed by atoms with Gasteiger partial charge in [-0.1, -0.05) is 103 Å². The topological polar surface area (TPSA) is 40.7 Å². The van der Waals surface area contributed by atoms with Crippen molar-refractivity contribution in [3.63, 3.8) is 0 Å². The van der Waals surface area contributed by atoms with Crippen LogP contribution in [0.25, 0.3) is 11.6 Å². The molecule has 4 N–H and O–H groups in total. The van der Waals surface area contributed by atoms with Gasteiger partial charge in [0.05, 0.1) is 6.17 Å². The molecule has 0 radical (unpaired) electrons. The summed E-state index contributed by atoms with van der Waals surface area (Å²) in [6.45, 7) is 0. The largest absolute Gasteiger partial charge is 0.312 e. The SMILES string of the molecule is C1=CCC(C2NC(C3=CCCC=C3)[NH2+]C(C3C=C(C4C=C(c5cc6c(c7c5CCCC7)CCC=C6)C=CC4)C=C(C4=CCCC=C4)C3)N2)C=C1. The first-order valence-electron chi connectivity index (χ1n) is 19.9. The van der Waals surface area contributed by atoms with Gasteiger partial charge in [-0.2, -0.15) is 0 Å². The Kier molecular flexibility index (Phi) is 9.31. The second-order valence-corrected chi connectivity index (χ2v) is 15.7. The van der Waals surface area contributed by atoms with E-state index in [9.17, 15) is 0 Å². The molecule has 0 saturated carbocycles. The Morgan fingerprint density at radius 3 is 2.34 bits per heavy atom. The maximum atomic E-state index is 4.16. The van der Waals surface area contributed by atoms with Crippen LogP contribution in [0.4, 0.5) is 0 Å². The predicted octanol–water partition coefficient (Wildman–Crippen LogP) is 8.78. The molecule has 6 unspecified atom stereocenters. The summed E-state index contributed by atoms with van der Waals surface area (Å²) in [6, 6.07) is 2.54. The number of hydrogen-bond donors (Lipinski definition) is 3. The average Bonchev–Trinajstić information content (AvgIpc) is 3.21. The molecular weight excluding hydrogens is 607 g/mol. The second-order valence-electron chi connectivity index (χ2n) is 15.7. The van der Waals surface area contributed by atoms with E-state index in [0.717, 1.165) is 44.9 Å². The molecule has 1 aliphatic heterocycles. The number of benzene rings is 1. The van der Waals surface area contributed by atoms with Crippen molar-refractivity contribution in [2.75, 3.05) is 0 Å². The number of nitrogens with one attached hydrogen (secondary N) is 2. The van der Waals surface area contributed by atoms with Crippen molar-refractivity contribution in [3.05, 3.63) is 153 Å². The fourth-order valence-electron chi connectivity index (χ4n) is 9.85. The van der Waals surface area contributed by atoms with E-state index in [1.165, 1.54) is 77.5 Å². The Hall–Kier alpha value is -3.76. The normalized spacial score (nSPS) is 31.6. The van der Waals surface area contributed by atoms with Crippen molar-refractivity contribution in [1.82, 2.24) is 10.6 Å². The standard InChI is InChI=1S/C47H53N3/c1-4-15-32(16-5-1)38-28-39(35-22-14-23-36(27-35)44-31-37-21-10-11-24-41(37)42-25-12-13-26-43(42)44)30-40(29-38)47-49-45(33-17-6-2-7-18-33)48-46(50-47)34-19-8-3-9-20-34/h2,4,6-8,10,14-17,19-21,23,27-28,30-31,33,35,40,45-50H,1,3,5,9,11-13,18,22,24-26,29H2/p+1. The second kappa shape index (κ2) is 14.5. The highest BCUT2D eigenvalue weighted by molar-refractivity contribution is 5.81. The van der Waals surface area contributed by atoms with Crippen LogP contribution in [0.1, 0.15) is 92.0 Å². The summed E-state index contributed by atoms with van der Waals surface area (Å²) in [5, 5.41) is 10.8. The van der Waals surface area contributed by atoms with Crippen molar-refractivity contribution in [2.24, 2.45) is 17.8 Å².